The molecule has 5 heteroatoms. The van der Waals surface area contributed by atoms with Gasteiger partial charge in [0, 0.05) is 24.7 Å². The third kappa shape index (κ3) is 8.11. The van der Waals surface area contributed by atoms with Gasteiger partial charge < -0.3 is 14.9 Å². The zero-order valence-corrected chi connectivity index (χ0v) is 17.3. The van der Waals surface area contributed by atoms with Crippen LogP contribution < -0.4 is 0 Å². The van der Waals surface area contributed by atoms with E-state index in [1.807, 2.05) is 24.3 Å². The molecule has 0 spiro atoms. The molecule has 1 aliphatic rings. The molecule has 2 N–H and O–H groups in total. The van der Waals surface area contributed by atoms with Gasteiger partial charge in [-0.15, -0.1) is 6.58 Å². The predicted molar refractivity (Wildman–Crippen MR) is 111 cm³/mol. The normalized spacial score (nSPS) is 24.7. The molecule has 4 atom stereocenters. The van der Waals surface area contributed by atoms with Crippen LogP contribution in [0.4, 0.5) is 0 Å². The molecule has 1 aliphatic carbocycles. The zero-order chi connectivity index (χ0) is 21.0. The molecule has 1 rings (SSSR count). The van der Waals surface area contributed by atoms with Gasteiger partial charge in [-0.1, -0.05) is 50.1 Å². The van der Waals surface area contributed by atoms with Crippen molar-refractivity contribution in [2.45, 2.75) is 76.4 Å². The van der Waals surface area contributed by atoms with Crippen LogP contribution in [0.5, 0.6) is 0 Å². The van der Waals surface area contributed by atoms with E-state index in [9.17, 15) is 19.8 Å². The van der Waals surface area contributed by atoms with E-state index in [1.165, 1.54) is 7.11 Å². The fourth-order valence-electron chi connectivity index (χ4n) is 3.55. The largest absolute Gasteiger partial charge is 0.469 e. The number of aliphatic hydroxyl groups is 2. The van der Waals surface area contributed by atoms with Crippen LogP contribution in [0.1, 0.15) is 64.7 Å². The van der Waals surface area contributed by atoms with Crippen LogP contribution >= 0.6 is 0 Å². The van der Waals surface area contributed by atoms with Crippen molar-refractivity contribution < 1.29 is 24.5 Å². The molecule has 1 unspecified atom stereocenters. The molecule has 0 saturated heterocycles. The standard InChI is InChI=1S/C23H36O5/c1-4-6-15-23(27,5-2)16-11-13-19-18(20(24)17-21(19)25)12-9-7-8-10-14-22(26)28-3/h5,7,9,11,13,18-19,21,25,27H,2,4,6,8,10,12,14-17H2,1,3H3/t18-,19-,21-,23?/m1/s1. The van der Waals surface area contributed by atoms with Gasteiger partial charge in [0.2, 0.25) is 0 Å². The van der Waals surface area contributed by atoms with E-state index < -0.39 is 11.7 Å². The Hall–Kier alpha value is -1.72. The highest BCUT2D eigenvalue weighted by Gasteiger charge is 2.39. The number of methoxy groups -OCH3 is 1. The van der Waals surface area contributed by atoms with E-state index in [4.69, 9.17) is 0 Å². The lowest BCUT2D eigenvalue weighted by molar-refractivity contribution is -0.140. The van der Waals surface area contributed by atoms with E-state index in [0.717, 1.165) is 19.3 Å². The van der Waals surface area contributed by atoms with Crippen molar-refractivity contribution in [3.63, 3.8) is 0 Å². The molecule has 0 bridgehead atoms. The number of unbranched alkanes of at least 4 members (excludes halogenated alkanes) is 2. The first-order chi connectivity index (χ1) is 13.4. The van der Waals surface area contributed by atoms with Gasteiger partial charge in [0.05, 0.1) is 18.8 Å². The zero-order valence-electron chi connectivity index (χ0n) is 17.3. The lowest BCUT2D eigenvalue weighted by Gasteiger charge is -2.23. The fraction of sp³-hybridized carbons (Fsp3) is 0.652. The number of hydrogen-bond acceptors (Lipinski definition) is 5. The van der Waals surface area contributed by atoms with E-state index >= 15 is 0 Å². The molecule has 0 heterocycles. The number of carbonyl (C=O) groups excluding carboxylic acids is 2. The lowest BCUT2D eigenvalue weighted by atomic mass is 9.88. The minimum atomic E-state index is -0.935. The number of Topliss-reactive ketones (excluding diaryl/α,β-unsaturated/α-hetero) is 1. The van der Waals surface area contributed by atoms with E-state index in [-0.39, 0.29) is 30.0 Å². The molecule has 0 aromatic rings. The molecule has 0 aromatic heterocycles. The van der Waals surface area contributed by atoms with Gasteiger partial charge in [-0.2, -0.15) is 0 Å². The molecule has 1 fully saturated rings. The molecule has 0 aliphatic heterocycles. The highest BCUT2D eigenvalue weighted by atomic mass is 16.5. The maximum absolute atomic E-state index is 12.2. The smallest absolute Gasteiger partial charge is 0.305 e. The van der Waals surface area contributed by atoms with Crippen molar-refractivity contribution in [2.75, 3.05) is 7.11 Å². The Kier molecular flexibility index (Phi) is 11.0. The molecule has 28 heavy (non-hydrogen) atoms. The maximum atomic E-state index is 12.2. The van der Waals surface area contributed by atoms with E-state index in [0.29, 0.717) is 32.1 Å². The summed E-state index contributed by atoms with van der Waals surface area (Å²) in [4.78, 5) is 23.3. The average molecular weight is 393 g/mol. The van der Waals surface area contributed by atoms with E-state index in [2.05, 4.69) is 18.2 Å². The van der Waals surface area contributed by atoms with E-state index in [1.54, 1.807) is 6.08 Å². The number of carbonyl (C=O) groups is 2. The molecule has 0 amide bonds. The van der Waals surface area contributed by atoms with Crippen LogP contribution in [0, 0.1) is 11.8 Å². The maximum Gasteiger partial charge on any atom is 0.305 e. The van der Waals surface area contributed by atoms with Crippen LogP contribution in [0.3, 0.4) is 0 Å². The van der Waals surface area contributed by atoms with Crippen molar-refractivity contribution in [1.82, 2.24) is 0 Å². The summed E-state index contributed by atoms with van der Waals surface area (Å²) < 4.78 is 4.60. The third-order valence-electron chi connectivity index (χ3n) is 5.44. The number of esters is 1. The Morgan fingerprint density at radius 1 is 1.32 bits per heavy atom. The van der Waals surface area contributed by atoms with Crippen LogP contribution in [0.25, 0.3) is 0 Å². The van der Waals surface area contributed by atoms with Crippen molar-refractivity contribution in [3.8, 4) is 0 Å². The van der Waals surface area contributed by atoms with Gasteiger partial charge in [0.15, 0.2) is 0 Å². The van der Waals surface area contributed by atoms with Crippen molar-refractivity contribution in [2.24, 2.45) is 11.8 Å². The first kappa shape index (κ1) is 24.3. The molecule has 0 radical (unpaired) electrons. The quantitative estimate of drug-likeness (QED) is 0.282. The Morgan fingerprint density at radius 3 is 2.71 bits per heavy atom. The van der Waals surface area contributed by atoms with Gasteiger partial charge >= 0.3 is 5.97 Å². The molecule has 0 aromatic carbocycles. The van der Waals surface area contributed by atoms with Gasteiger partial charge in [-0.25, -0.2) is 0 Å². The number of ketones is 1. The molecule has 5 nitrogen and oxygen atoms in total. The van der Waals surface area contributed by atoms with Gasteiger partial charge in [0.1, 0.15) is 5.78 Å². The summed E-state index contributed by atoms with van der Waals surface area (Å²) in [7, 11) is 1.38. The Bertz CT molecular complexity index is 565. The predicted octanol–water partition coefficient (Wildman–Crippen LogP) is 3.90. The van der Waals surface area contributed by atoms with Crippen molar-refractivity contribution in [1.29, 1.82) is 0 Å². The summed E-state index contributed by atoms with van der Waals surface area (Å²) in [6, 6.07) is 0. The Morgan fingerprint density at radius 2 is 2.07 bits per heavy atom. The minimum absolute atomic E-state index is 0.0753. The first-order valence-corrected chi connectivity index (χ1v) is 10.3. The second-order valence-corrected chi connectivity index (χ2v) is 7.64. The van der Waals surface area contributed by atoms with Gasteiger partial charge in [0.25, 0.3) is 0 Å². The number of allylic oxidation sites excluding steroid dienone is 2. The molecular formula is C23H36O5. The summed E-state index contributed by atoms with van der Waals surface area (Å²) in [6.07, 6.45) is 14.2. The van der Waals surface area contributed by atoms with Crippen LogP contribution in [0.15, 0.2) is 37.0 Å². The summed E-state index contributed by atoms with van der Waals surface area (Å²) in [5.74, 6) is -0.611. The summed E-state index contributed by atoms with van der Waals surface area (Å²) >= 11 is 0. The number of hydrogen-bond donors (Lipinski definition) is 2. The van der Waals surface area contributed by atoms with Crippen LogP contribution in [-0.4, -0.2) is 40.8 Å². The lowest BCUT2D eigenvalue weighted by Crippen LogP contribution is -2.25. The van der Waals surface area contributed by atoms with Gasteiger partial charge in [-0.05, 0) is 32.1 Å². The SMILES string of the molecule is C=CC(O)(CC=C[C@H]1[C@H](O)CC(=O)[C@@H]1CC=CCCCC(=O)OC)CCCC. The Labute approximate surface area is 169 Å². The van der Waals surface area contributed by atoms with Crippen molar-refractivity contribution >= 4 is 11.8 Å². The summed E-state index contributed by atoms with van der Waals surface area (Å²) in [5.41, 5.74) is -0.935. The number of ether oxygens (including phenoxy) is 1. The van der Waals surface area contributed by atoms with Crippen molar-refractivity contribution in [3.05, 3.63) is 37.0 Å². The number of rotatable bonds is 13. The minimum Gasteiger partial charge on any atom is -0.469 e. The second-order valence-electron chi connectivity index (χ2n) is 7.64. The molecule has 158 valence electrons. The first-order valence-electron chi connectivity index (χ1n) is 10.3. The second kappa shape index (κ2) is 12.7. The third-order valence-corrected chi connectivity index (χ3v) is 5.44. The fourth-order valence-corrected chi connectivity index (χ4v) is 3.55. The summed E-state index contributed by atoms with van der Waals surface area (Å²) in [6.45, 7) is 5.81. The highest BCUT2D eigenvalue weighted by molar-refractivity contribution is 5.84. The Balaban J connectivity index is 2.57. The topological polar surface area (TPSA) is 83.8 Å². The number of aliphatic hydroxyl groups excluding tert-OH is 1. The average Bonchev–Trinajstić information content (AvgIpc) is 2.95. The van der Waals surface area contributed by atoms with Crippen LogP contribution in [0.2, 0.25) is 0 Å². The highest BCUT2D eigenvalue weighted by Crippen LogP contribution is 2.34. The molecule has 1 saturated carbocycles. The monoisotopic (exact) mass is 392 g/mol. The van der Waals surface area contributed by atoms with Crippen LogP contribution in [-0.2, 0) is 14.3 Å². The summed E-state index contributed by atoms with van der Waals surface area (Å²) in [5, 5.41) is 20.8. The van der Waals surface area contributed by atoms with Gasteiger partial charge in [-0.3, -0.25) is 9.59 Å². The molecular weight excluding hydrogens is 356 g/mol.